The topological polar surface area (TPSA) is 144 Å². The van der Waals surface area contributed by atoms with Crippen molar-refractivity contribution in [2.75, 3.05) is 37.6 Å². The molecule has 31 heavy (non-hydrogen) atoms. The van der Waals surface area contributed by atoms with Gasteiger partial charge in [-0.15, -0.1) is 0 Å². The molecule has 1 atom stereocenters. The van der Waals surface area contributed by atoms with Gasteiger partial charge < -0.3 is 29.5 Å². The fourth-order valence-corrected chi connectivity index (χ4v) is 4.36. The van der Waals surface area contributed by atoms with Crippen molar-refractivity contribution in [1.82, 2.24) is 9.47 Å². The molecule has 1 unspecified atom stereocenters. The lowest BCUT2D eigenvalue weighted by Gasteiger charge is -2.37. The van der Waals surface area contributed by atoms with Crippen LogP contribution >= 0.6 is 7.60 Å². The molecule has 0 radical (unpaired) electrons. The number of fused-ring (bicyclic) bond motifs is 1. The molecule has 2 aliphatic rings. The van der Waals surface area contributed by atoms with E-state index in [0.29, 0.717) is 31.7 Å². The molecule has 1 aromatic heterocycles. The van der Waals surface area contributed by atoms with Crippen LogP contribution in [0.3, 0.4) is 0 Å². The number of carboxylic acids is 1. The summed E-state index contributed by atoms with van der Waals surface area (Å²) in [7, 11) is -4.59. The predicted octanol–water partition coefficient (Wildman–Crippen LogP) is 0.792. The van der Waals surface area contributed by atoms with Crippen molar-refractivity contribution >= 4 is 30.2 Å². The average molecular weight is 455 g/mol. The number of aliphatic hydroxyl groups is 1. The number of piperazine rings is 1. The second-order valence-electron chi connectivity index (χ2n) is 7.99. The summed E-state index contributed by atoms with van der Waals surface area (Å²) in [5, 5.41) is 19.0. The number of rotatable bonds is 6. The largest absolute Gasteiger partial charge is 0.477 e. The van der Waals surface area contributed by atoms with Gasteiger partial charge in [-0.3, -0.25) is 14.3 Å². The van der Waals surface area contributed by atoms with Gasteiger partial charge in [-0.05, 0) is 25.0 Å². The highest BCUT2D eigenvalue weighted by Crippen LogP contribution is 2.40. The molecule has 2 heterocycles. The van der Waals surface area contributed by atoms with Gasteiger partial charge in [-0.2, -0.15) is 0 Å². The molecule has 4 N–H and O–H groups in total. The van der Waals surface area contributed by atoms with Crippen molar-refractivity contribution in [3.63, 3.8) is 0 Å². The van der Waals surface area contributed by atoms with Gasteiger partial charge in [0, 0.05) is 50.3 Å². The number of hydrogen-bond acceptors (Lipinski definition) is 6. The van der Waals surface area contributed by atoms with Gasteiger partial charge in [0.25, 0.3) is 0 Å². The molecule has 0 bridgehead atoms. The van der Waals surface area contributed by atoms with E-state index < -0.39 is 30.7 Å². The third-order valence-corrected chi connectivity index (χ3v) is 6.73. The number of aromatic carboxylic acids is 1. The number of hydrogen-bond donors (Lipinski definition) is 4. The number of aromatic nitrogens is 1. The third kappa shape index (κ3) is 4.37. The van der Waals surface area contributed by atoms with Gasteiger partial charge in [0.05, 0.1) is 11.2 Å². The average Bonchev–Trinajstić information content (AvgIpc) is 3.53. The fraction of sp³-hybridized carbons (Fsp3) is 0.474. The van der Waals surface area contributed by atoms with E-state index in [2.05, 4.69) is 0 Å². The van der Waals surface area contributed by atoms with E-state index >= 15 is 0 Å². The van der Waals surface area contributed by atoms with Crippen molar-refractivity contribution in [3.8, 4) is 0 Å². The molecule has 12 heteroatoms. The van der Waals surface area contributed by atoms with E-state index in [0.717, 1.165) is 18.9 Å². The van der Waals surface area contributed by atoms with Crippen LogP contribution in [0.1, 0.15) is 29.2 Å². The lowest BCUT2D eigenvalue weighted by molar-refractivity contribution is 0.0694. The maximum Gasteiger partial charge on any atom is 0.355 e. The standard InChI is InChI=1S/C19H23FN3O7P/c20-14-7-12-15(23(11-1-2-11)9-13(18(12)25)19(26)27)8-16(14)22-5-3-21(4-6-22)10-17(24)31(28,29)30/h7-9,11,17,24H,1-6,10H2,(H,26,27)(H2,28,29,30). The molecule has 1 aliphatic carbocycles. The zero-order chi connectivity index (χ0) is 22.5. The SMILES string of the molecule is O=C(O)c1cn(C2CC2)c2cc(N3CCN(CC(O)P(=O)(O)O)CC3)c(F)cc2c1=O. The van der Waals surface area contributed by atoms with Gasteiger partial charge in [-0.25, -0.2) is 9.18 Å². The second kappa shape index (κ2) is 7.99. The van der Waals surface area contributed by atoms with E-state index in [4.69, 9.17) is 9.79 Å². The number of halogens is 1. The number of pyridine rings is 1. The molecule has 0 spiro atoms. The molecule has 2 fully saturated rings. The number of benzene rings is 1. The molecule has 0 amide bonds. The lowest BCUT2D eigenvalue weighted by Crippen LogP contribution is -2.48. The summed E-state index contributed by atoms with van der Waals surface area (Å²) >= 11 is 0. The summed E-state index contributed by atoms with van der Waals surface area (Å²) in [6, 6.07) is 2.73. The Hall–Kier alpha value is -2.30. The van der Waals surface area contributed by atoms with Crippen LogP contribution in [-0.2, 0) is 4.57 Å². The maximum atomic E-state index is 14.9. The molecule has 10 nitrogen and oxygen atoms in total. The van der Waals surface area contributed by atoms with E-state index in [1.807, 2.05) is 0 Å². The first kappa shape index (κ1) is 21.9. The minimum atomic E-state index is -4.59. The molecular formula is C19H23FN3O7P. The molecule has 1 aromatic carbocycles. The Morgan fingerprint density at radius 1 is 1.19 bits per heavy atom. The van der Waals surface area contributed by atoms with E-state index in [1.165, 1.54) is 6.20 Å². The van der Waals surface area contributed by atoms with Crippen LogP contribution in [0.2, 0.25) is 0 Å². The fourth-order valence-electron chi connectivity index (χ4n) is 3.92. The molecule has 1 saturated carbocycles. The highest BCUT2D eigenvalue weighted by atomic mass is 31.2. The highest BCUT2D eigenvalue weighted by Gasteiger charge is 2.31. The molecule has 168 valence electrons. The summed E-state index contributed by atoms with van der Waals surface area (Å²) in [6.07, 6.45) is 3.03. The Labute approximate surface area is 176 Å². The van der Waals surface area contributed by atoms with Crippen LogP contribution in [0.4, 0.5) is 10.1 Å². The summed E-state index contributed by atoms with van der Waals surface area (Å²) in [5.41, 5.74) is -0.349. The Kier molecular flexibility index (Phi) is 5.65. The molecule has 1 aliphatic heterocycles. The number of β-amino-alcohol motifs (C(OH)–C–C–N with tert-alkyl or cyclic N) is 1. The Balaban J connectivity index is 1.62. The van der Waals surface area contributed by atoms with Crippen LogP contribution in [0, 0.1) is 5.82 Å². The van der Waals surface area contributed by atoms with Gasteiger partial charge in [0.1, 0.15) is 11.4 Å². The quantitative estimate of drug-likeness (QED) is 0.465. The van der Waals surface area contributed by atoms with Crippen LogP contribution in [0.25, 0.3) is 10.9 Å². The number of nitrogens with zero attached hydrogens (tertiary/aromatic N) is 3. The second-order valence-corrected chi connectivity index (χ2v) is 9.77. The monoisotopic (exact) mass is 455 g/mol. The number of carboxylic acid groups (broad SMARTS) is 1. The zero-order valence-electron chi connectivity index (χ0n) is 16.5. The van der Waals surface area contributed by atoms with Crippen molar-refractivity contribution in [3.05, 3.63) is 39.9 Å². The highest BCUT2D eigenvalue weighted by molar-refractivity contribution is 7.52. The van der Waals surface area contributed by atoms with Gasteiger partial charge >= 0.3 is 13.6 Å². The maximum absolute atomic E-state index is 14.9. The molecule has 4 rings (SSSR count). The van der Waals surface area contributed by atoms with E-state index in [1.54, 1.807) is 20.4 Å². The smallest absolute Gasteiger partial charge is 0.355 e. The van der Waals surface area contributed by atoms with Crippen LogP contribution in [0.5, 0.6) is 0 Å². The molecular weight excluding hydrogens is 432 g/mol. The molecule has 1 saturated heterocycles. The van der Waals surface area contributed by atoms with Crippen LogP contribution < -0.4 is 10.3 Å². The normalized spacial score (nSPS) is 19.0. The van der Waals surface area contributed by atoms with Crippen molar-refractivity contribution in [2.45, 2.75) is 24.7 Å². The summed E-state index contributed by atoms with van der Waals surface area (Å²) < 4.78 is 27.8. The summed E-state index contributed by atoms with van der Waals surface area (Å²) in [5.74, 6) is -3.76. The minimum absolute atomic E-state index is 0.0245. The zero-order valence-corrected chi connectivity index (χ0v) is 17.4. The van der Waals surface area contributed by atoms with Gasteiger partial charge in [0.15, 0.2) is 5.85 Å². The Morgan fingerprint density at radius 3 is 2.39 bits per heavy atom. The van der Waals surface area contributed by atoms with Gasteiger partial charge in [-0.1, -0.05) is 0 Å². The minimum Gasteiger partial charge on any atom is -0.477 e. The predicted molar refractivity (Wildman–Crippen MR) is 110 cm³/mol. The number of aliphatic hydroxyl groups excluding tert-OH is 1. The van der Waals surface area contributed by atoms with Crippen LogP contribution in [-0.4, -0.2) is 74.0 Å². The van der Waals surface area contributed by atoms with Crippen LogP contribution in [0.15, 0.2) is 23.1 Å². The Bertz CT molecular complexity index is 1140. The van der Waals surface area contributed by atoms with Crippen molar-refractivity contribution in [1.29, 1.82) is 0 Å². The summed E-state index contributed by atoms with van der Waals surface area (Å²) in [4.78, 5) is 45.6. The van der Waals surface area contributed by atoms with E-state index in [-0.39, 0.29) is 29.2 Å². The lowest BCUT2D eigenvalue weighted by atomic mass is 10.1. The number of anilines is 1. The first-order valence-electron chi connectivity index (χ1n) is 9.88. The van der Waals surface area contributed by atoms with Crippen molar-refractivity contribution in [2.24, 2.45) is 0 Å². The first-order valence-corrected chi connectivity index (χ1v) is 11.6. The van der Waals surface area contributed by atoms with Crippen molar-refractivity contribution < 1.29 is 33.7 Å². The van der Waals surface area contributed by atoms with Gasteiger partial charge in [0.2, 0.25) is 5.43 Å². The third-order valence-electron chi connectivity index (χ3n) is 5.79. The Morgan fingerprint density at radius 2 is 1.84 bits per heavy atom. The summed E-state index contributed by atoms with van der Waals surface area (Å²) in [6.45, 7) is 1.26. The van der Waals surface area contributed by atoms with E-state index in [9.17, 15) is 28.8 Å². The number of carbonyl (C=O) groups is 1. The first-order chi connectivity index (χ1) is 14.6. The molecule has 2 aromatic rings.